The molecule has 0 bridgehead atoms. The number of hydrogen-bond donors (Lipinski definition) is 0. The molecule has 0 spiro atoms. The molecule has 12 aromatic carbocycles. The number of benzene rings is 12. The van der Waals surface area contributed by atoms with Crippen molar-refractivity contribution in [1.82, 2.24) is 9.13 Å². The molecule has 0 aliphatic rings. The molecule has 352 valence electrons. The normalized spacial score (nSPS) is 11.5. The van der Waals surface area contributed by atoms with E-state index in [0.717, 1.165) is 61.8 Å². The van der Waals surface area contributed by atoms with Crippen LogP contribution in [0.5, 0.6) is 0 Å². The summed E-state index contributed by atoms with van der Waals surface area (Å²) in [4.78, 5) is 2.38. The van der Waals surface area contributed by atoms with E-state index < -0.39 is 0 Å². The molecule has 2 heterocycles. The number of aromatic nitrogens is 2. The highest BCUT2D eigenvalue weighted by Gasteiger charge is 2.19. The van der Waals surface area contributed by atoms with Gasteiger partial charge in [0.25, 0.3) is 0 Å². The molecular formula is C72H49N3. The number of rotatable bonds is 10. The second kappa shape index (κ2) is 18.6. The number of fused-ring (bicyclic) bond motifs is 6. The zero-order valence-electron chi connectivity index (χ0n) is 41.1. The summed E-state index contributed by atoms with van der Waals surface area (Å²) in [6, 6.07) is 108. The minimum Gasteiger partial charge on any atom is -0.310 e. The highest BCUT2D eigenvalue weighted by molar-refractivity contribution is 6.12. The summed E-state index contributed by atoms with van der Waals surface area (Å²) in [7, 11) is 0. The SMILES string of the molecule is c1ccc(-c2ccc(N(c3ccc(-c4ccccc4)cc3)c3cccc(-c4cc(-c5ccc6c(c5)c5ccccc5n6-c5ccccc5)cc(-c5ccc6c(c5)c5ccccc5n6-c5ccccc5)c4)c3)cc2)cc1. The molecular weight excluding hydrogens is 907 g/mol. The monoisotopic (exact) mass is 955 g/mol. The summed E-state index contributed by atoms with van der Waals surface area (Å²) < 4.78 is 4.78. The molecule has 3 nitrogen and oxygen atoms in total. The molecule has 0 aliphatic carbocycles. The van der Waals surface area contributed by atoms with Gasteiger partial charge in [-0.3, -0.25) is 0 Å². The van der Waals surface area contributed by atoms with Crippen LogP contribution < -0.4 is 4.90 Å². The predicted octanol–water partition coefficient (Wildman–Crippen LogP) is 19.7. The number of anilines is 3. The molecule has 0 atom stereocenters. The lowest BCUT2D eigenvalue weighted by Gasteiger charge is -2.26. The van der Waals surface area contributed by atoms with E-state index >= 15 is 0 Å². The smallest absolute Gasteiger partial charge is 0.0541 e. The van der Waals surface area contributed by atoms with Crippen LogP contribution in [0, 0.1) is 0 Å². The van der Waals surface area contributed by atoms with Crippen molar-refractivity contribution >= 4 is 60.7 Å². The summed E-state index contributed by atoms with van der Waals surface area (Å²) in [6.07, 6.45) is 0. The first-order valence-electron chi connectivity index (χ1n) is 25.7. The molecule has 0 N–H and O–H groups in total. The van der Waals surface area contributed by atoms with Crippen LogP contribution in [0.3, 0.4) is 0 Å². The minimum absolute atomic E-state index is 1.07. The van der Waals surface area contributed by atoms with Gasteiger partial charge in [0.1, 0.15) is 0 Å². The molecule has 0 saturated heterocycles. The topological polar surface area (TPSA) is 13.1 Å². The zero-order valence-corrected chi connectivity index (χ0v) is 41.1. The number of hydrogen-bond acceptors (Lipinski definition) is 1. The van der Waals surface area contributed by atoms with Crippen LogP contribution in [-0.2, 0) is 0 Å². The first kappa shape index (κ1) is 43.8. The van der Waals surface area contributed by atoms with Crippen LogP contribution in [0.2, 0.25) is 0 Å². The van der Waals surface area contributed by atoms with Gasteiger partial charge in [0, 0.05) is 50.0 Å². The summed E-state index contributed by atoms with van der Waals surface area (Å²) in [5.41, 5.74) is 22.0. The summed E-state index contributed by atoms with van der Waals surface area (Å²) in [5, 5.41) is 4.92. The van der Waals surface area contributed by atoms with Gasteiger partial charge < -0.3 is 14.0 Å². The van der Waals surface area contributed by atoms with Crippen LogP contribution >= 0.6 is 0 Å². The molecule has 0 amide bonds. The third-order valence-electron chi connectivity index (χ3n) is 14.9. The molecule has 2 aromatic heterocycles. The van der Waals surface area contributed by atoms with E-state index in [4.69, 9.17) is 0 Å². The lowest BCUT2D eigenvalue weighted by Crippen LogP contribution is -2.10. The first-order valence-corrected chi connectivity index (χ1v) is 25.7. The van der Waals surface area contributed by atoms with Gasteiger partial charge in [-0.05, 0) is 171 Å². The van der Waals surface area contributed by atoms with E-state index in [1.807, 2.05) is 0 Å². The first-order chi connectivity index (χ1) is 37.2. The van der Waals surface area contributed by atoms with Gasteiger partial charge >= 0.3 is 0 Å². The van der Waals surface area contributed by atoms with Gasteiger partial charge in [-0.2, -0.15) is 0 Å². The molecule has 0 aliphatic heterocycles. The Hall–Kier alpha value is -9.96. The average Bonchev–Trinajstić information content (AvgIpc) is 4.01. The lowest BCUT2D eigenvalue weighted by atomic mass is 9.92. The zero-order chi connectivity index (χ0) is 49.7. The Morgan fingerprint density at radius 3 is 0.960 bits per heavy atom. The second-order valence-corrected chi connectivity index (χ2v) is 19.4. The van der Waals surface area contributed by atoms with Crippen molar-refractivity contribution in [2.24, 2.45) is 0 Å². The van der Waals surface area contributed by atoms with E-state index in [2.05, 4.69) is 311 Å². The third kappa shape index (κ3) is 7.95. The van der Waals surface area contributed by atoms with Gasteiger partial charge in [0.15, 0.2) is 0 Å². The Labute approximate surface area is 436 Å². The van der Waals surface area contributed by atoms with Crippen molar-refractivity contribution in [1.29, 1.82) is 0 Å². The number of para-hydroxylation sites is 4. The van der Waals surface area contributed by atoms with Crippen molar-refractivity contribution in [3.8, 4) is 67.0 Å². The maximum absolute atomic E-state index is 2.40. The summed E-state index contributed by atoms with van der Waals surface area (Å²) in [5.74, 6) is 0. The molecule has 0 radical (unpaired) electrons. The van der Waals surface area contributed by atoms with Crippen LogP contribution in [0.1, 0.15) is 0 Å². The van der Waals surface area contributed by atoms with Crippen LogP contribution in [0.25, 0.3) is 111 Å². The fraction of sp³-hybridized carbons (Fsp3) is 0. The maximum atomic E-state index is 2.40. The summed E-state index contributed by atoms with van der Waals surface area (Å²) >= 11 is 0. The fourth-order valence-electron chi connectivity index (χ4n) is 11.3. The van der Waals surface area contributed by atoms with Crippen molar-refractivity contribution < 1.29 is 0 Å². The highest BCUT2D eigenvalue weighted by Crippen LogP contribution is 2.43. The Balaban J connectivity index is 0.944. The fourth-order valence-corrected chi connectivity index (χ4v) is 11.3. The van der Waals surface area contributed by atoms with E-state index in [0.29, 0.717) is 0 Å². The van der Waals surface area contributed by atoms with Crippen LogP contribution in [0.4, 0.5) is 17.1 Å². The minimum atomic E-state index is 1.07. The second-order valence-electron chi connectivity index (χ2n) is 19.4. The molecule has 0 saturated carbocycles. The molecule has 3 heteroatoms. The van der Waals surface area contributed by atoms with Crippen molar-refractivity contribution in [2.45, 2.75) is 0 Å². The molecule has 0 unspecified atom stereocenters. The van der Waals surface area contributed by atoms with Gasteiger partial charge in [0.2, 0.25) is 0 Å². The molecule has 14 aromatic rings. The quantitative estimate of drug-likeness (QED) is 0.133. The average molecular weight is 956 g/mol. The van der Waals surface area contributed by atoms with Gasteiger partial charge in [-0.1, -0.05) is 182 Å². The molecule has 0 fully saturated rings. The molecule has 75 heavy (non-hydrogen) atoms. The van der Waals surface area contributed by atoms with Gasteiger partial charge in [-0.25, -0.2) is 0 Å². The maximum Gasteiger partial charge on any atom is 0.0541 e. The standard InChI is InChI=1S/C72H49N3/c1-5-18-50(19-6-1)52-32-38-62(39-33-52)73(63-40-34-53(35-41-63)51-20-7-2-8-21-51)64-27-17-22-54(47-64)57-44-58(55-36-42-71-67(48-55)65-28-13-15-30-69(65)74(71)60-23-9-3-10-24-60)46-59(45-57)56-37-43-72-68(49-56)66-29-14-16-31-70(66)75(72)61-25-11-4-12-26-61/h1-49H. The third-order valence-corrected chi connectivity index (χ3v) is 14.9. The van der Waals surface area contributed by atoms with Crippen molar-refractivity contribution in [3.05, 3.63) is 297 Å². The van der Waals surface area contributed by atoms with Gasteiger partial charge in [0.05, 0.1) is 22.1 Å². The van der Waals surface area contributed by atoms with E-state index in [-0.39, 0.29) is 0 Å². The van der Waals surface area contributed by atoms with Crippen molar-refractivity contribution in [2.75, 3.05) is 4.90 Å². The van der Waals surface area contributed by atoms with Crippen LogP contribution in [0.15, 0.2) is 297 Å². The largest absolute Gasteiger partial charge is 0.310 e. The lowest BCUT2D eigenvalue weighted by molar-refractivity contribution is 1.18. The highest BCUT2D eigenvalue weighted by atomic mass is 15.1. The Kier molecular flexibility index (Phi) is 10.8. The summed E-state index contributed by atoms with van der Waals surface area (Å²) in [6.45, 7) is 0. The Morgan fingerprint density at radius 1 is 0.187 bits per heavy atom. The predicted molar refractivity (Wildman–Crippen MR) is 317 cm³/mol. The van der Waals surface area contributed by atoms with E-state index in [9.17, 15) is 0 Å². The molecule has 14 rings (SSSR count). The van der Waals surface area contributed by atoms with E-state index in [1.165, 1.54) is 65.9 Å². The Bertz CT molecular complexity index is 4110. The number of nitrogens with zero attached hydrogens (tertiary/aromatic N) is 3. The van der Waals surface area contributed by atoms with E-state index in [1.54, 1.807) is 0 Å². The Morgan fingerprint density at radius 2 is 0.520 bits per heavy atom. The van der Waals surface area contributed by atoms with Crippen LogP contribution in [-0.4, -0.2) is 9.13 Å². The van der Waals surface area contributed by atoms with Gasteiger partial charge in [-0.15, -0.1) is 0 Å². The van der Waals surface area contributed by atoms with Crippen molar-refractivity contribution in [3.63, 3.8) is 0 Å².